The van der Waals surface area contributed by atoms with Gasteiger partial charge >= 0.3 is 0 Å². The van der Waals surface area contributed by atoms with E-state index >= 15 is 0 Å². The van der Waals surface area contributed by atoms with Gasteiger partial charge < -0.3 is 10.4 Å². The molecule has 0 heterocycles. The summed E-state index contributed by atoms with van der Waals surface area (Å²) >= 11 is 0. The molecule has 1 amide bonds. The molecule has 0 fully saturated rings. The molecule has 0 saturated heterocycles. The van der Waals surface area contributed by atoms with E-state index in [0.29, 0.717) is 0 Å². The molecular formula is C8H17NO2. The van der Waals surface area contributed by atoms with E-state index in [1.165, 1.54) is 0 Å². The van der Waals surface area contributed by atoms with Crippen molar-refractivity contribution in [3.05, 3.63) is 0 Å². The van der Waals surface area contributed by atoms with Crippen LogP contribution in [0, 0.1) is 5.41 Å². The van der Waals surface area contributed by atoms with E-state index < -0.39 is 6.61 Å². The number of aliphatic hydroxyl groups is 1. The SMILES string of the molecule is C[C@@H](NC(=O)CO)C(C)(C)C. The van der Waals surface area contributed by atoms with Crippen LogP contribution < -0.4 is 5.32 Å². The fraction of sp³-hybridized carbons (Fsp3) is 0.875. The molecule has 0 unspecified atom stereocenters. The standard InChI is InChI=1S/C8H17NO2/c1-6(8(2,3)4)9-7(11)5-10/h6,10H,5H2,1-4H3,(H,9,11)/t6-/m1/s1. The van der Waals surface area contributed by atoms with Crippen molar-refractivity contribution in [2.24, 2.45) is 5.41 Å². The first-order valence-electron chi connectivity index (χ1n) is 3.78. The number of aliphatic hydroxyl groups excluding tert-OH is 1. The van der Waals surface area contributed by atoms with Crippen LogP contribution >= 0.6 is 0 Å². The Bertz CT molecular complexity index is 138. The van der Waals surface area contributed by atoms with Crippen molar-refractivity contribution >= 4 is 5.91 Å². The van der Waals surface area contributed by atoms with E-state index in [1.54, 1.807) is 0 Å². The smallest absolute Gasteiger partial charge is 0.245 e. The zero-order valence-corrected chi connectivity index (χ0v) is 7.64. The van der Waals surface area contributed by atoms with Crippen molar-refractivity contribution in [3.8, 4) is 0 Å². The first-order chi connectivity index (χ1) is 4.88. The quantitative estimate of drug-likeness (QED) is 0.617. The van der Waals surface area contributed by atoms with Gasteiger partial charge in [-0.25, -0.2) is 0 Å². The average Bonchev–Trinajstić information content (AvgIpc) is 1.85. The van der Waals surface area contributed by atoms with Crippen molar-refractivity contribution in [1.29, 1.82) is 0 Å². The number of amides is 1. The summed E-state index contributed by atoms with van der Waals surface area (Å²) in [6, 6.07) is 0.0853. The highest BCUT2D eigenvalue weighted by Gasteiger charge is 2.20. The molecule has 0 spiro atoms. The Balaban J connectivity index is 3.87. The zero-order chi connectivity index (χ0) is 9.07. The maximum absolute atomic E-state index is 10.7. The highest BCUT2D eigenvalue weighted by atomic mass is 16.3. The van der Waals surface area contributed by atoms with Gasteiger partial charge in [-0.3, -0.25) is 4.79 Å². The lowest BCUT2D eigenvalue weighted by molar-refractivity contribution is -0.125. The summed E-state index contributed by atoms with van der Waals surface area (Å²) in [6.07, 6.45) is 0. The van der Waals surface area contributed by atoms with Crippen LogP contribution in [0.25, 0.3) is 0 Å². The fourth-order valence-corrected chi connectivity index (χ4v) is 0.504. The molecule has 0 aliphatic rings. The lowest BCUT2D eigenvalue weighted by atomic mass is 9.88. The van der Waals surface area contributed by atoms with Gasteiger partial charge in [0.05, 0.1) is 0 Å². The van der Waals surface area contributed by atoms with Gasteiger partial charge in [-0.1, -0.05) is 20.8 Å². The third-order valence-electron chi connectivity index (χ3n) is 1.82. The lowest BCUT2D eigenvalue weighted by Crippen LogP contribution is -2.42. The largest absolute Gasteiger partial charge is 0.387 e. The van der Waals surface area contributed by atoms with Gasteiger partial charge in [0.2, 0.25) is 5.91 Å². The van der Waals surface area contributed by atoms with E-state index in [-0.39, 0.29) is 17.4 Å². The molecule has 0 aromatic carbocycles. The highest BCUT2D eigenvalue weighted by Crippen LogP contribution is 2.17. The molecule has 11 heavy (non-hydrogen) atoms. The molecule has 0 aromatic rings. The number of carbonyl (C=O) groups excluding carboxylic acids is 1. The Morgan fingerprint density at radius 1 is 1.55 bits per heavy atom. The maximum atomic E-state index is 10.7. The van der Waals surface area contributed by atoms with E-state index in [1.807, 2.05) is 27.7 Å². The third kappa shape index (κ3) is 3.98. The van der Waals surface area contributed by atoms with Gasteiger partial charge in [0.1, 0.15) is 6.61 Å². The molecule has 0 aliphatic heterocycles. The number of rotatable bonds is 2. The Morgan fingerprint density at radius 2 is 2.00 bits per heavy atom. The van der Waals surface area contributed by atoms with Crippen molar-refractivity contribution in [2.75, 3.05) is 6.61 Å². The molecular weight excluding hydrogens is 142 g/mol. The van der Waals surface area contributed by atoms with Gasteiger partial charge in [0.25, 0.3) is 0 Å². The van der Waals surface area contributed by atoms with Crippen molar-refractivity contribution in [2.45, 2.75) is 33.7 Å². The minimum atomic E-state index is -0.430. The summed E-state index contributed by atoms with van der Waals surface area (Å²) in [7, 11) is 0. The Morgan fingerprint density at radius 3 is 2.27 bits per heavy atom. The highest BCUT2D eigenvalue weighted by molar-refractivity contribution is 5.77. The molecule has 0 radical (unpaired) electrons. The van der Waals surface area contributed by atoms with Crippen LogP contribution in [-0.4, -0.2) is 23.7 Å². The molecule has 0 aliphatic carbocycles. The van der Waals surface area contributed by atoms with E-state index in [2.05, 4.69) is 5.32 Å². The normalized spacial score (nSPS) is 14.3. The van der Waals surface area contributed by atoms with Gasteiger partial charge in [-0.05, 0) is 12.3 Å². The van der Waals surface area contributed by atoms with Gasteiger partial charge in [-0.2, -0.15) is 0 Å². The van der Waals surface area contributed by atoms with Crippen LogP contribution in [-0.2, 0) is 4.79 Å². The summed E-state index contributed by atoms with van der Waals surface area (Å²) < 4.78 is 0. The lowest BCUT2D eigenvalue weighted by Gasteiger charge is -2.27. The van der Waals surface area contributed by atoms with Crippen molar-refractivity contribution in [1.82, 2.24) is 5.32 Å². The number of hydrogen-bond donors (Lipinski definition) is 2. The minimum absolute atomic E-state index is 0.0465. The third-order valence-corrected chi connectivity index (χ3v) is 1.82. The molecule has 66 valence electrons. The molecule has 0 rings (SSSR count). The second kappa shape index (κ2) is 3.72. The first kappa shape index (κ1) is 10.4. The topological polar surface area (TPSA) is 49.3 Å². The van der Waals surface area contributed by atoms with Crippen LogP contribution in [0.3, 0.4) is 0 Å². The van der Waals surface area contributed by atoms with Gasteiger partial charge in [0, 0.05) is 6.04 Å². The van der Waals surface area contributed by atoms with Gasteiger partial charge in [0.15, 0.2) is 0 Å². The Labute approximate surface area is 67.8 Å². The summed E-state index contributed by atoms with van der Waals surface area (Å²) in [5.74, 6) is -0.313. The maximum Gasteiger partial charge on any atom is 0.245 e. The Kier molecular flexibility index (Phi) is 3.52. The second-order valence-corrected chi connectivity index (χ2v) is 3.81. The predicted octanol–water partition coefficient (Wildman–Crippen LogP) is 0.529. The summed E-state index contributed by atoms with van der Waals surface area (Å²) in [6.45, 7) is 7.61. The van der Waals surface area contributed by atoms with Crippen LogP contribution in [0.2, 0.25) is 0 Å². The second-order valence-electron chi connectivity index (χ2n) is 3.81. The molecule has 2 N–H and O–H groups in total. The van der Waals surface area contributed by atoms with Crippen LogP contribution in [0.5, 0.6) is 0 Å². The fourth-order valence-electron chi connectivity index (χ4n) is 0.504. The molecule has 0 bridgehead atoms. The molecule has 3 heteroatoms. The predicted molar refractivity (Wildman–Crippen MR) is 44.1 cm³/mol. The Hall–Kier alpha value is -0.570. The summed E-state index contributed by atoms with van der Waals surface area (Å²) in [4.78, 5) is 10.7. The van der Waals surface area contributed by atoms with E-state index in [9.17, 15) is 4.79 Å². The summed E-state index contributed by atoms with van der Waals surface area (Å²) in [5, 5.41) is 11.1. The molecule has 3 nitrogen and oxygen atoms in total. The average molecular weight is 159 g/mol. The number of hydrogen-bond acceptors (Lipinski definition) is 2. The summed E-state index contributed by atoms with van der Waals surface area (Å²) in [5.41, 5.74) is 0.0465. The first-order valence-corrected chi connectivity index (χ1v) is 3.78. The molecule has 0 aromatic heterocycles. The van der Waals surface area contributed by atoms with Crippen LogP contribution in [0.4, 0.5) is 0 Å². The van der Waals surface area contributed by atoms with Crippen molar-refractivity contribution < 1.29 is 9.90 Å². The molecule has 1 atom stereocenters. The van der Waals surface area contributed by atoms with Crippen LogP contribution in [0.1, 0.15) is 27.7 Å². The number of nitrogens with one attached hydrogen (secondary N) is 1. The van der Waals surface area contributed by atoms with Crippen molar-refractivity contribution in [3.63, 3.8) is 0 Å². The minimum Gasteiger partial charge on any atom is -0.387 e. The van der Waals surface area contributed by atoms with Crippen LogP contribution in [0.15, 0.2) is 0 Å². The van der Waals surface area contributed by atoms with E-state index in [4.69, 9.17) is 5.11 Å². The van der Waals surface area contributed by atoms with E-state index in [0.717, 1.165) is 0 Å². The number of carbonyl (C=O) groups is 1. The van der Waals surface area contributed by atoms with Gasteiger partial charge in [-0.15, -0.1) is 0 Å². The molecule has 0 saturated carbocycles. The monoisotopic (exact) mass is 159 g/mol. The zero-order valence-electron chi connectivity index (χ0n) is 7.64.